The van der Waals surface area contributed by atoms with Crippen molar-refractivity contribution in [2.75, 3.05) is 32.9 Å². The molecule has 0 aromatic rings. The van der Waals surface area contributed by atoms with E-state index in [9.17, 15) is 0 Å². The van der Waals surface area contributed by atoms with Gasteiger partial charge in [0.1, 0.15) is 0 Å². The third-order valence-corrected chi connectivity index (χ3v) is 2.66. The number of rotatable bonds is 1. The first-order chi connectivity index (χ1) is 6.40. The molecule has 2 unspecified atom stereocenters. The van der Waals surface area contributed by atoms with Crippen LogP contribution >= 0.6 is 0 Å². The Morgan fingerprint density at radius 3 is 3.00 bits per heavy atom. The molecule has 0 aliphatic carbocycles. The van der Waals surface area contributed by atoms with Crippen LogP contribution in [0.2, 0.25) is 0 Å². The molecule has 0 bridgehead atoms. The third kappa shape index (κ3) is 1.99. The smallest absolute Gasteiger partial charge is 0.156 e. The van der Waals surface area contributed by atoms with E-state index in [1.807, 2.05) is 0 Å². The second kappa shape index (κ2) is 4.05. The summed E-state index contributed by atoms with van der Waals surface area (Å²) in [6.07, 6.45) is 0.854. The van der Waals surface area contributed by atoms with Crippen LogP contribution < -0.4 is 0 Å². The lowest BCUT2D eigenvalue weighted by molar-refractivity contribution is -0.0182. The summed E-state index contributed by atoms with van der Waals surface area (Å²) in [5, 5.41) is 8.72. The molecule has 0 spiro atoms. The van der Waals surface area contributed by atoms with Crippen molar-refractivity contribution in [3.05, 3.63) is 0 Å². The van der Waals surface area contributed by atoms with Gasteiger partial charge in [0, 0.05) is 25.7 Å². The Morgan fingerprint density at radius 2 is 2.31 bits per heavy atom. The van der Waals surface area contributed by atoms with Crippen molar-refractivity contribution >= 4 is 0 Å². The zero-order valence-corrected chi connectivity index (χ0v) is 7.61. The standard InChI is InChI=1S/C9H14N2O2/c10-5-9-6-11(2-4-13-9)8-1-3-12-7-8/h8-9H,1-4,6-7H2. The van der Waals surface area contributed by atoms with E-state index in [0.29, 0.717) is 12.6 Å². The maximum Gasteiger partial charge on any atom is 0.156 e. The fourth-order valence-corrected chi connectivity index (χ4v) is 1.89. The molecule has 2 atom stereocenters. The summed E-state index contributed by atoms with van der Waals surface area (Å²) in [6.45, 7) is 4.03. The number of ether oxygens (including phenoxy) is 2. The van der Waals surface area contributed by atoms with Gasteiger partial charge in [-0.2, -0.15) is 5.26 Å². The van der Waals surface area contributed by atoms with Gasteiger partial charge in [0.05, 0.1) is 19.3 Å². The Morgan fingerprint density at radius 1 is 1.38 bits per heavy atom. The molecular formula is C9H14N2O2. The fraction of sp³-hybridized carbons (Fsp3) is 0.889. The maximum atomic E-state index is 8.72. The van der Waals surface area contributed by atoms with Crippen LogP contribution in [-0.2, 0) is 9.47 Å². The van der Waals surface area contributed by atoms with E-state index in [1.165, 1.54) is 0 Å². The van der Waals surface area contributed by atoms with E-state index in [0.717, 1.165) is 32.7 Å². The molecule has 0 saturated carbocycles. The first-order valence-corrected chi connectivity index (χ1v) is 4.73. The minimum absolute atomic E-state index is 0.241. The summed E-state index contributed by atoms with van der Waals surface area (Å²) < 4.78 is 10.6. The van der Waals surface area contributed by atoms with Crippen molar-refractivity contribution in [3.8, 4) is 6.07 Å². The Hall–Kier alpha value is -0.630. The van der Waals surface area contributed by atoms with Crippen molar-refractivity contribution in [2.45, 2.75) is 18.6 Å². The summed E-state index contributed by atoms with van der Waals surface area (Å²) in [6, 6.07) is 2.67. The molecule has 4 nitrogen and oxygen atoms in total. The maximum absolute atomic E-state index is 8.72. The monoisotopic (exact) mass is 182 g/mol. The van der Waals surface area contributed by atoms with Crippen molar-refractivity contribution in [3.63, 3.8) is 0 Å². The summed E-state index contributed by atoms with van der Waals surface area (Å²) in [4.78, 5) is 2.31. The molecule has 2 fully saturated rings. The summed E-state index contributed by atoms with van der Waals surface area (Å²) in [7, 11) is 0. The second-order valence-corrected chi connectivity index (χ2v) is 3.50. The van der Waals surface area contributed by atoms with Crippen LogP contribution in [0.4, 0.5) is 0 Å². The van der Waals surface area contributed by atoms with Gasteiger partial charge in [-0.3, -0.25) is 4.90 Å². The third-order valence-electron chi connectivity index (χ3n) is 2.66. The molecule has 2 aliphatic heterocycles. The molecule has 0 N–H and O–H groups in total. The number of nitrogens with zero attached hydrogens (tertiary/aromatic N) is 2. The fourth-order valence-electron chi connectivity index (χ4n) is 1.89. The molecular weight excluding hydrogens is 168 g/mol. The van der Waals surface area contributed by atoms with Crippen LogP contribution in [-0.4, -0.2) is 50.0 Å². The molecule has 0 aromatic carbocycles. The zero-order valence-electron chi connectivity index (χ0n) is 7.61. The molecule has 2 aliphatic rings. The van der Waals surface area contributed by atoms with Gasteiger partial charge in [-0.25, -0.2) is 0 Å². The van der Waals surface area contributed by atoms with E-state index < -0.39 is 0 Å². The average molecular weight is 182 g/mol. The van der Waals surface area contributed by atoms with Gasteiger partial charge in [-0.1, -0.05) is 0 Å². The normalized spacial score (nSPS) is 35.9. The number of morpholine rings is 1. The lowest BCUT2D eigenvalue weighted by Crippen LogP contribution is -2.47. The topological polar surface area (TPSA) is 45.5 Å². The molecule has 13 heavy (non-hydrogen) atoms. The molecule has 0 radical (unpaired) electrons. The molecule has 2 heterocycles. The van der Waals surface area contributed by atoms with E-state index in [-0.39, 0.29) is 6.10 Å². The lowest BCUT2D eigenvalue weighted by Gasteiger charge is -2.33. The molecule has 0 amide bonds. The largest absolute Gasteiger partial charge is 0.380 e. The average Bonchev–Trinajstić information content (AvgIpc) is 2.71. The van der Waals surface area contributed by atoms with Gasteiger partial charge in [0.2, 0.25) is 0 Å². The highest BCUT2D eigenvalue weighted by atomic mass is 16.5. The van der Waals surface area contributed by atoms with Crippen molar-refractivity contribution in [2.24, 2.45) is 0 Å². The summed E-state index contributed by atoms with van der Waals surface area (Å²) in [5.41, 5.74) is 0. The van der Waals surface area contributed by atoms with Crippen LogP contribution in [0.5, 0.6) is 0 Å². The molecule has 4 heteroatoms. The quantitative estimate of drug-likeness (QED) is 0.572. The van der Waals surface area contributed by atoms with Gasteiger partial charge < -0.3 is 9.47 Å². The Kier molecular flexibility index (Phi) is 2.79. The van der Waals surface area contributed by atoms with Crippen molar-refractivity contribution in [1.82, 2.24) is 4.90 Å². The van der Waals surface area contributed by atoms with Crippen molar-refractivity contribution in [1.29, 1.82) is 5.26 Å². The zero-order chi connectivity index (χ0) is 9.10. The van der Waals surface area contributed by atoms with Crippen LogP contribution in [0, 0.1) is 11.3 Å². The van der Waals surface area contributed by atoms with Gasteiger partial charge in [0.15, 0.2) is 6.10 Å². The predicted octanol–water partition coefficient (Wildman–Crippen LogP) is -0.000320. The lowest BCUT2D eigenvalue weighted by atomic mass is 10.2. The van der Waals surface area contributed by atoms with Gasteiger partial charge in [0.25, 0.3) is 0 Å². The van der Waals surface area contributed by atoms with Gasteiger partial charge >= 0.3 is 0 Å². The Bertz CT molecular complexity index is 208. The molecule has 2 saturated heterocycles. The minimum Gasteiger partial charge on any atom is -0.380 e. The SMILES string of the molecule is N#CC1CN(C2CCOC2)CCO1. The predicted molar refractivity (Wildman–Crippen MR) is 46.2 cm³/mol. The Labute approximate surface area is 78.0 Å². The first-order valence-electron chi connectivity index (χ1n) is 4.73. The van der Waals surface area contributed by atoms with E-state index in [4.69, 9.17) is 14.7 Å². The second-order valence-electron chi connectivity index (χ2n) is 3.50. The highest BCUT2D eigenvalue weighted by molar-refractivity contribution is 4.91. The molecule has 2 rings (SSSR count). The van der Waals surface area contributed by atoms with Crippen molar-refractivity contribution < 1.29 is 9.47 Å². The van der Waals surface area contributed by atoms with Crippen LogP contribution in [0.1, 0.15) is 6.42 Å². The summed E-state index contributed by atoms with van der Waals surface area (Å²) in [5.74, 6) is 0. The number of nitriles is 1. The molecule has 0 aromatic heterocycles. The van der Waals surface area contributed by atoms with Crippen LogP contribution in [0.3, 0.4) is 0 Å². The number of hydrogen-bond acceptors (Lipinski definition) is 4. The van der Waals surface area contributed by atoms with E-state index >= 15 is 0 Å². The van der Waals surface area contributed by atoms with Crippen LogP contribution in [0.25, 0.3) is 0 Å². The highest BCUT2D eigenvalue weighted by Gasteiger charge is 2.28. The van der Waals surface area contributed by atoms with Gasteiger partial charge in [-0.05, 0) is 6.42 Å². The van der Waals surface area contributed by atoms with Crippen LogP contribution in [0.15, 0.2) is 0 Å². The Balaban J connectivity index is 1.88. The van der Waals surface area contributed by atoms with Gasteiger partial charge in [-0.15, -0.1) is 0 Å². The van der Waals surface area contributed by atoms with E-state index in [1.54, 1.807) is 0 Å². The summed E-state index contributed by atoms with van der Waals surface area (Å²) >= 11 is 0. The van der Waals surface area contributed by atoms with E-state index in [2.05, 4.69) is 11.0 Å². The minimum atomic E-state index is -0.241. The highest BCUT2D eigenvalue weighted by Crippen LogP contribution is 2.15. The number of hydrogen-bond donors (Lipinski definition) is 0. The first kappa shape index (κ1) is 8.95. The molecule has 72 valence electrons.